The summed E-state index contributed by atoms with van der Waals surface area (Å²) in [5.74, 6) is -0.978. The molecule has 0 heterocycles. The summed E-state index contributed by atoms with van der Waals surface area (Å²) >= 11 is 0. The molecule has 1 aliphatic rings. The normalized spacial score (nSPS) is 16.9. The van der Waals surface area contributed by atoms with Crippen LogP contribution in [-0.2, 0) is 9.59 Å². The summed E-state index contributed by atoms with van der Waals surface area (Å²) in [4.78, 5) is 22.0. The minimum atomic E-state index is -1.03. The second-order valence-corrected chi connectivity index (χ2v) is 4.42. The molecule has 1 aliphatic carbocycles. The SMILES string of the molecule is CC1C=C(CC(=O)NCC(=O)O)c2ccccc21. The van der Waals surface area contributed by atoms with E-state index in [0.717, 1.165) is 11.1 Å². The van der Waals surface area contributed by atoms with Crippen molar-refractivity contribution in [1.29, 1.82) is 0 Å². The number of aliphatic carboxylic acids is 1. The van der Waals surface area contributed by atoms with Gasteiger partial charge < -0.3 is 10.4 Å². The van der Waals surface area contributed by atoms with Crippen molar-refractivity contribution in [2.75, 3.05) is 6.54 Å². The second-order valence-electron chi connectivity index (χ2n) is 4.42. The summed E-state index contributed by atoms with van der Waals surface area (Å²) in [6, 6.07) is 7.98. The molecule has 1 unspecified atom stereocenters. The van der Waals surface area contributed by atoms with Crippen molar-refractivity contribution >= 4 is 17.4 Å². The molecule has 18 heavy (non-hydrogen) atoms. The van der Waals surface area contributed by atoms with Gasteiger partial charge in [0.15, 0.2) is 0 Å². The zero-order chi connectivity index (χ0) is 13.1. The Kier molecular flexibility index (Phi) is 3.46. The van der Waals surface area contributed by atoms with Crippen molar-refractivity contribution in [1.82, 2.24) is 5.32 Å². The number of nitrogens with one attached hydrogen (secondary N) is 1. The number of amides is 1. The van der Waals surface area contributed by atoms with Crippen LogP contribution in [-0.4, -0.2) is 23.5 Å². The highest BCUT2D eigenvalue weighted by molar-refractivity contribution is 5.92. The van der Waals surface area contributed by atoms with Gasteiger partial charge in [0.05, 0.1) is 6.42 Å². The van der Waals surface area contributed by atoms with Gasteiger partial charge in [-0.05, 0) is 16.7 Å². The molecular formula is C14H15NO3. The maximum Gasteiger partial charge on any atom is 0.322 e. The molecule has 1 atom stereocenters. The van der Waals surface area contributed by atoms with Crippen LogP contribution in [0.3, 0.4) is 0 Å². The van der Waals surface area contributed by atoms with Gasteiger partial charge in [0.2, 0.25) is 5.91 Å². The Bertz CT molecular complexity index is 520. The van der Waals surface area contributed by atoms with Gasteiger partial charge in [-0.15, -0.1) is 0 Å². The first-order chi connectivity index (χ1) is 8.58. The summed E-state index contributed by atoms with van der Waals surface area (Å²) in [6.45, 7) is 1.75. The van der Waals surface area contributed by atoms with Crippen molar-refractivity contribution in [2.24, 2.45) is 0 Å². The summed E-state index contributed by atoms with van der Waals surface area (Å²) in [6.07, 6.45) is 2.29. The highest BCUT2D eigenvalue weighted by Crippen LogP contribution is 2.36. The smallest absolute Gasteiger partial charge is 0.322 e. The molecule has 0 spiro atoms. The van der Waals surface area contributed by atoms with Gasteiger partial charge in [0.1, 0.15) is 6.54 Å². The van der Waals surface area contributed by atoms with Gasteiger partial charge >= 0.3 is 5.97 Å². The van der Waals surface area contributed by atoms with Crippen molar-refractivity contribution < 1.29 is 14.7 Å². The largest absolute Gasteiger partial charge is 0.480 e. The number of rotatable bonds is 4. The summed E-state index contributed by atoms with van der Waals surface area (Å²) in [5.41, 5.74) is 3.29. The van der Waals surface area contributed by atoms with E-state index >= 15 is 0 Å². The maximum atomic E-state index is 11.6. The molecule has 1 aromatic rings. The lowest BCUT2D eigenvalue weighted by atomic mass is 10.0. The number of carboxylic acid groups (broad SMARTS) is 1. The first-order valence-electron chi connectivity index (χ1n) is 5.86. The molecule has 0 aromatic heterocycles. The number of carbonyl (C=O) groups is 2. The summed E-state index contributed by atoms with van der Waals surface area (Å²) in [5, 5.41) is 10.9. The predicted octanol–water partition coefficient (Wildman–Crippen LogP) is 1.78. The molecule has 0 radical (unpaired) electrons. The number of allylic oxidation sites excluding steroid dienone is 1. The Balaban J connectivity index is 2.05. The topological polar surface area (TPSA) is 66.4 Å². The van der Waals surface area contributed by atoms with Crippen LogP contribution in [0.25, 0.3) is 5.57 Å². The Morgan fingerprint density at radius 3 is 2.78 bits per heavy atom. The summed E-state index contributed by atoms with van der Waals surface area (Å²) in [7, 11) is 0. The number of hydrogen-bond donors (Lipinski definition) is 2. The third kappa shape index (κ3) is 2.59. The van der Waals surface area contributed by atoms with E-state index in [4.69, 9.17) is 5.11 Å². The minimum Gasteiger partial charge on any atom is -0.480 e. The molecule has 0 saturated carbocycles. The van der Waals surface area contributed by atoms with E-state index in [1.54, 1.807) is 0 Å². The molecule has 0 aliphatic heterocycles. The standard InChI is InChI=1S/C14H15NO3/c1-9-6-10(7-13(16)15-8-14(17)18)12-5-3-2-4-11(9)12/h2-6,9H,7-8H2,1H3,(H,15,16)(H,17,18). The molecule has 1 aromatic carbocycles. The zero-order valence-corrected chi connectivity index (χ0v) is 10.1. The first-order valence-corrected chi connectivity index (χ1v) is 5.86. The molecular weight excluding hydrogens is 230 g/mol. The third-order valence-electron chi connectivity index (χ3n) is 3.04. The van der Waals surface area contributed by atoms with Gasteiger partial charge in [-0.2, -0.15) is 0 Å². The van der Waals surface area contributed by atoms with E-state index in [-0.39, 0.29) is 18.9 Å². The average Bonchev–Trinajstić information content (AvgIpc) is 2.65. The van der Waals surface area contributed by atoms with Crippen LogP contribution in [0.2, 0.25) is 0 Å². The molecule has 2 rings (SSSR count). The maximum absolute atomic E-state index is 11.6. The Hall–Kier alpha value is -2.10. The van der Waals surface area contributed by atoms with Crippen molar-refractivity contribution in [3.05, 3.63) is 41.5 Å². The van der Waals surface area contributed by atoms with Crippen LogP contribution < -0.4 is 5.32 Å². The molecule has 94 valence electrons. The number of benzene rings is 1. The zero-order valence-electron chi connectivity index (χ0n) is 10.1. The lowest BCUT2D eigenvalue weighted by Crippen LogP contribution is -2.29. The van der Waals surface area contributed by atoms with Crippen molar-refractivity contribution in [2.45, 2.75) is 19.3 Å². The molecule has 4 heteroatoms. The molecule has 4 nitrogen and oxygen atoms in total. The number of carbonyl (C=O) groups excluding carboxylic acids is 1. The lowest BCUT2D eigenvalue weighted by molar-refractivity contribution is -0.137. The Morgan fingerprint density at radius 2 is 2.06 bits per heavy atom. The van der Waals surface area contributed by atoms with Gasteiger partial charge in [-0.3, -0.25) is 9.59 Å². The van der Waals surface area contributed by atoms with E-state index in [2.05, 4.69) is 24.4 Å². The number of fused-ring (bicyclic) bond motifs is 1. The number of carboxylic acids is 1. The lowest BCUT2D eigenvalue weighted by Gasteiger charge is -2.06. The quantitative estimate of drug-likeness (QED) is 0.849. The molecule has 0 bridgehead atoms. The van der Waals surface area contributed by atoms with Crippen LogP contribution in [0.5, 0.6) is 0 Å². The molecule has 2 N–H and O–H groups in total. The molecule has 0 saturated heterocycles. The molecule has 0 fully saturated rings. The van der Waals surface area contributed by atoms with E-state index in [0.29, 0.717) is 5.92 Å². The van der Waals surface area contributed by atoms with Gasteiger partial charge in [0.25, 0.3) is 0 Å². The van der Waals surface area contributed by atoms with Gasteiger partial charge in [0, 0.05) is 5.92 Å². The Morgan fingerprint density at radius 1 is 1.33 bits per heavy atom. The van der Waals surface area contributed by atoms with Crippen LogP contribution in [0.1, 0.15) is 30.4 Å². The predicted molar refractivity (Wildman–Crippen MR) is 68.1 cm³/mol. The van der Waals surface area contributed by atoms with Crippen LogP contribution in [0, 0.1) is 0 Å². The van der Waals surface area contributed by atoms with Crippen LogP contribution >= 0.6 is 0 Å². The average molecular weight is 245 g/mol. The fourth-order valence-electron chi connectivity index (χ4n) is 2.23. The monoisotopic (exact) mass is 245 g/mol. The van der Waals surface area contributed by atoms with Crippen LogP contribution in [0.15, 0.2) is 30.3 Å². The fraction of sp³-hybridized carbons (Fsp3) is 0.286. The van der Waals surface area contributed by atoms with Crippen molar-refractivity contribution in [3.8, 4) is 0 Å². The van der Waals surface area contributed by atoms with Crippen molar-refractivity contribution in [3.63, 3.8) is 0 Å². The first kappa shape index (κ1) is 12.4. The van der Waals surface area contributed by atoms with Gasteiger partial charge in [-0.1, -0.05) is 37.3 Å². The third-order valence-corrected chi connectivity index (χ3v) is 3.04. The van der Waals surface area contributed by atoms with Crippen LogP contribution in [0.4, 0.5) is 0 Å². The van der Waals surface area contributed by atoms with E-state index in [1.807, 2.05) is 18.2 Å². The molecule has 1 amide bonds. The van der Waals surface area contributed by atoms with Gasteiger partial charge in [-0.25, -0.2) is 0 Å². The number of hydrogen-bond acceptors (Lipinski definition) is 2. The fourth-order valence-corrected chi connectivity index (χ4v) is 2.23. The highest BCUT2D eigenvalue weighted by atomic mass is 16.4. The Labute approximate surface area is 105 Å². The second kappa shape index (κ2) is 5.04. The minimum absolute atomic E-state index is 0.231. The van der Waals surface area contributed by atoms with E-state index in [9.17, 15) is 9.59 Å². The highest BCUT2D eigenvalue weighted by Gasteiger charge is 2.21. The van der Waals surface area contributed by atoms with E-state index in [1.165, 1.54) is 5.56 Å². The summed E-state index contributed by atoms with van der Waals surface area (Å²) < 4.78 is 0. The van der Waals surface area contributed by atoms with E-state index < -0.39 is 5.97 Å².